The smallest absolute Gasteiger partial charge is 0.282 e. The first-order valence-corrected chi connectivity index (χ1v) is 11.3. The van der Waals surface area contributed by atoms with Crippen molar-refractivity contribution >= 4 is 39.5 Å². The Morgan fingerprint density at radius 2 is 1.73 bits per heavy atom. The Balaban J connectivity index is 1.62. The summed E-state index contributed by atoms with van der Waals surface area (Å²) in [6, 6.07) is 20.5. The van der Waals surface area contributed by atoms with E-state index in [2.05, 4.69) is 21.4 Å². The van der Waals surface area contributed by atoms with E-state index < -0.39 is 11.8 Å². The number of carbonyl (C=O) groups excluding carboxylic acids is 2. The third-order valence-electron chi connectivity index (χ3n) is 5.18. The van der Waals surface area contributed by atoms with E-state index in [4.69, 9.17) is 9.47 Å². The van der Waals surface area contributed by atoms with Crippen LogP contribution in [-0.2, 0) is 16.2 Å². The molecule has 1 N–H and O–H groups in total. The molecule has 1 saturated heterocycles. The second kappa shape index (κ2) is 9.92. The van der Waals surface area contributed by atoms with Crippen LogP contribution >= 0.6 is 15.9 Å². The van der Waals surface area contributed by atoms with E-state index in [0.717, 1.165) is 11.1 Å². The number of aryl methyl sites for hydroxylation is 1. The molecule has 3 aromatic rings. The molecule has 0 spiro atoms. The highest BCUT2D eigenvalue weighted by atomic mass is 79.9. The number of carbonyl (C=O) groups is 2. The number of hydrogen-bond donors (Lipinski definition) is 1. The van der Waals surface area contributed by atoms with Crippen molar-refractivity contribution in [2.75, 3.05) is 11.6 Å². The Hall–Kier alpha value is -3.58. The zero-order valence-electron chi connectivity index (χ0n) is 18.3. The summed E-state index contributed by atoms with van der Waals surface area (Å²) in [6.07, 6.45) is 1.55. The van der Waals surface area contributed by atoms with Crippen LogP contribution in [0.5, 0.6) is 11.5 Å². The lowest BCUT2D eigenvalue weighted by atomic mass is 10.1. The van der Waals surface area contributed by atoms with Crippen LogP contribution in [-0.4, -0.2) is 18.4 Å². The van der Waals surface area contributed by atoms with Gasteiger partial charge in [-0.25, -0.2) is 5.01 Å². The topological polar surface area (TPSA) is 67.9 Å². The van der Waals surface area contributed by atoms with E-state index in [1.165, 1.54) is 5.01 Å². The minimum absolute atomic E-state index is 0.0433. The van der Waals surface area contributed by atoms with Crippen LogP contribution in [0.25, 0.3) is 6.08 Å². The minimum atomic E-state index is -0.460. The summed E-state index contributed by atoms with van der Waals surface area (Å²) in [5.74, 6) is 0.214. The number of nitrogens with zero attached hydrogens (tertiary/aromatic N) is 1. The first kappa shape index (κ1) is 22.6. The maximum Gasteiger partial charge on any atom is 0.282 e. The highest BCUT2D eigenvalue weighted by Gasteiger charge is 2.34. The van der Waals surface area contributed by atoms with Gasteiger partial charge in [0.15, 0.2) is 11.5 Å². The molecule has 2 amide bonds. The van der Waals surface area contributed by atoms with Gasteiger partial charge < -0.3 is 9.47 Å². The fraction of sp³-hybridized carbons (Fsp3) is 0.154. The Kier molecular flexibility index (Phi) is 6.79. The lowest BCUT2D eigenvalue weighted by Crippen LogP contribution is -2.35. The summed E-state index contributed by atoms with van der Waals surface area (Å²) in [4.78, 5) is 25.4. The zero-order chi connectivity index (χ0) is 23.4. The van der Waals surface area contributed by atoms with Gasteiger partial charge in [0, 0.05) is 0 Å². The molecule has 0 saturated carbocycles. The van der Waals surface area contributed by atoms with Crippen molar-refractivity contribution in [3.8, 4) is 11.5 Å². The van der Waals surface area contributed by atoms with Crippen LogP contribution in [0.2, 0.25) is 0 Å². The largest absolute Gasteiger partial charge is 0.490 e. The predicted molar refractivity (Wildman–Crippen MR) is 131 cm³/mol. The van der Waals surface area contributed by atoms with Gasteiger partial charge in [-0.2, -0.15) is 0 Å². The molecule has 0 unspecified atom stereocenters. The molecule has 7 heteroatoms. The highest BCUT2D eigenvalue weighted by molar-refractivity contribution is 9.10. The maximum atomic E-state index is 12.9. The molecule has 0 radical (unpaired) electrons. The molecular formula is C26H23BrN2O4. The fourth-order valence-electron chi connectivity index (χ4n) is 3.48. The number of anilines is 1. The van der Waals surface area contributed by atoms with Gasteiger partial charge in [0.05, 0.1) is 16.8 Å². The molecule has 4 rings (SSSR count). The molecule has 1 heterocycles. The lowest BCUT2D eigenvalue weighted by molar-refractivity contribution is -0.117. The minimum Gasteiger partial charge on any atom is -0.490 e. The van der Waals surface area contributed by atoms with Crippen LogP contribution < -0.4 is 19.9 Å². The number of para-hydroxylation sites is 1. The third-order valence-corrected chi connectivity index (χ3v) is 5.77. The first-order chi connectivity index (χ1) is 16.0. The van der Waals surface area contributed by atoms with Crippen LogP contribution in [0.3, 0.4) is 0 Å². The predicted octanol–water partition coefficient (Wildman–Crippen LogP) is 5.20. The van der Waals surface area contributed by atoms with Crippen molar-refractivity contribution in [2.24, 2.45) is 0 Å². The Morgan fingerprint density at radius 3 is 2.45 bits per heavy atom. The number of nitrogens with one attached hydrogen (secondary N) is 1. The van der Waals surface area contributed by atoms with E-state index in [9.17, 15) is 9.59 Å². The summed E-state index contributed by atoms with van der Waals surface area (Å²) >= 11 is 3.56. The summed E-state index contributed by atoms with van der Waals surface area (Å²) in [5.41, 5.74) is 6.10. The Labute approximate surface area is 200 Å². The van der Waals surface area contributed by atoms with E-state index in [1.54, 1.807) is 42.5 Å². The van der Waals surface area contributed by atoms with Crippen LogP contribution in [0.1, 0.15) is 23.6 Å². The molecule has 0 aromatic heterocycles. The van der Waals surface area contributed by atoms with E-state index in [1.807, 2.05) is 44.2 Å². The van der Waals surface area contributed by atoms with Crippen molar-refractivity contribution in [3.05, 3.63) is 93.5 Å². The van der Waals surface area contributed by atoms with Gasteiger partial charge in [0.25, 0.3) is 11.8 Å². The molecule has 6 nitrogen and oxygen atoms in total. The van der Waals surface area contributed by atoms with Gasteiger partial charge in [0.1, 0.15) is 12.2 Å². The van der Waals surface area contributed by atoms with Crippen molar-refractivity contribution in [2.45, 2.75) is 20.5 Å². The lowest BCUT2D eigenvalue weighted by Gasteiger charge is -2.16. The van der Waals surface area contributed by atoms with E-state index >= 15 is 0 Å². The van der Waals surface area contributed by atoms with Crippen molar-refractivity contribution in [1.29, 1.82) is 0 Å². The molecule has 168 valence electrons. The molecule has 3 aromatic carbocycles. The number of hydrogen-bond acceptors (Lipinski definition) is 4. The number of hydrazine groups is 1. The summed E-state index contributed by atoms with van der Waals surface area (Å²) < 4.78 is 12.6. The van der Waals surface area contributed by atoms with Gasteiger partial charge in [0.2, 0.25) is 0 Å². The molecule has 1 aliphatic heterocycles. The molecule has 1 fully saturated rings. The van der Waals surface area contributed by atoms with E-state index in [-0.39, 0.29) is 5.57 Å². The SMILES string of the molecule is CCOc1cc(/C=C2\C(=O)NN(c3ccccc3)C2=O)cc(Br)c1OCc1ccccc1C. The molecule has 0 atom stereocenters. The fourth-order valence-corrected chi connectivity index (χ4v) is 4.05. The van der Waals surface area contributed by atoms with Gasteiger partial charge in [-0.15, -0.1) is 0 Å². The Bertz CT molecular complexity index is 1220. The number of amides is 2. The summed E-state index contributed by atoms with van der Waals surface area (Å²) in [7, 11) is 0. The third kappa shape index (κ3) is 4.93. The van der Waals surface area contributed by atoms with Crippen LogP contribution in [0.4, 0.5) is 5.69 Å². The monoisotopic (exact) mass is 506 g/mol. The number of rotatable bonds is 7. The average molecular weight is 507 g/mol. The quantitative estimate of drug-likeness (QED) is 0.353. The van der Waals surface area contributed by atoms with Crippen molar-refractivity contribution in [3.63, 3.8) is 0 Å². The number of halogens is 1. The molecule has 1 aliphatic rings. The van der Waals surface area contributed by atoms with Gasteiger partial charge in [-0.3, -0.25) is 15.0 Å². The molecule has 0 bridgehead atoms. The number of ether oxygens (including phenoxy) is 2. The average Bonchev–Trinajstić information content (AvgIpc) is 3.09. The second-order valence-electron chi connectivity index (χ2n) is 7.45. The second-order valence-corrected chi connectivity index (χ2v) is 8.31. The van der Waals surface area contributed by atoms with Crippen molar-refractivity contribution < 1.29 is 19.1 Å². The number of benzene rings is 3. The van der Waals surface area contributed by atoms with Gasteiger partial charge in [-0.05, 0) is 76.8 Å². The maximum absolute atomic E-state index is 12.9. The van der Waals surface area contributed by atoms with Crippen molar-refractivity contribution in [1.82, 2.24) is 5.43 Å². The van der Waals surface area contributed by atoms with Gasteiger partial charge >= 0.3 is 0 Å². The van der Waals surface area contributed by atoms with Crippen LogP contribution in [0, 0.1) is 6.92 Å². The molecular weight excluding hydrogens is 484 g/mol. The summed E-state index contributed by atoms with van der Waals surface area (Å²) in [5, 5.41) is 1.24. The standard InChI is InChI=1S/C26H23BrN2O4/c1-3-32-23-15-18(14-22(27)24(23)33-16-19-10-8-7-9-17(19)2)13-21-25(30)28-29(26(21)31)20-11-5-4-6-12-20/h4-15H,3,16H2,1-2H3,(H,28,30)/b21-13+. The Morgan fingerprint density at radius 1 is 1.00 bits per heavy atom. The highest BCUT2D eigenvalue weighted by Crippen LogP contribution is 2.38. The van der Waals surface area contributed by atoms with Gasteiger partial charge in [-0.1, -0.05) is 42.5 Å². The summed E-state index contributed by atoms with van der Waals surface area (Å²) in [6.45, 7) is 4.75. The molecule has 33 heavy (non-hydrogen) atoms. The molecule has 0 aliphatic carbocycles. The normalized spacial score (nSPS) is 14.5. The first-order valence-electron chi connectivity index (χ1n) is 10.5. The van der Waals surface area contributed by atoms with E-state index in [0.29, 0.717) is 40.4 Å². The van der Waals surface area contributed by atoms with Crippen LogP contribution in [0.15, 0.2) is 76.8 Å². The zero-order valence-corrected chi connectivity index (χ0v) is 19.9.